The predicted octanol–water partition coefficient (Wildman–Crippen LogP) is 1.25. The first-order valence-electron chi connectivity index (χ1n) is 5.45. The van der Waals surface area contributed by atoms with Crippen molar-refractivity contribution in [2.75, 3.05) is 5.32 Å². The zero-order valence-electron chi connectivity index (χ0n) is 10.4. The van der Waals surface area contributed by atoms with Crippen LogP contribution < -0.4 is 10.6 Å². The topological polar surface area (TPSA) is 66.9 Å². The van der Waals surface area contributed by atoms with E-state index in [2.05, 4.69) is 20.6 Å². The van der Waals surface area contributed by atoms with Crippen LogP contribution in [-0.2, 0) is 4.79 Å². The smallest absolute Gasteiger partial charge is 0.242 e. The van der Waals surface area contributed by atoms with Crippen LogP contribution in [-0.4, -0.2) is 28.0 Å². The lowest BCUT2D eigenvalue weighted by atomic mass is 10.2. The van der Waals surface area contributed by atoms with E-state index in [1.165, 1.54) is 6.33 Å². The van der Waals surface area contributed by atoms with Gasteiger partial charge in [0.05, 0.1) is 5.69 Å². The van der Waals surface area contributed by atoms with Gasteiger partial charge in [0.1, 0.15) is 12.4 Å². The summed E-state index contributed by atoms with van der Waals surface area (Å²) in [5, 5.41) is 5.45. The monoisotopic (exact) mass is 240 g/mol. The van der Waals surface area contributed by atoms with Gasteiger partial charge in [0, 0.05) is 6.04 Å². The number of halogens is 1. The molecule has 1 aromatic heterocycles. The molecule has 1 unspecified atom stereocenters. The molecule has 5 nitrogen and oxygen atoms in total. The van der Waals surface area contributed by atoms with Crippen molar-refractivity contribution in [2.45, 2.75) is 39.8 Å². The molecule has 0 spiro atoms. The quantitative estimate of drug-likeness (QED) is 0.831. The number of aromatic nitrogens is 2. The summed E-state index contributed by atoms with van der Waals surface area (Å²) in [5.41, 5.74) is 0.249. The molecule has 0 fully saturated rings. The van der Waals surface area contributed by atoms with Gasteiger partial charge >= 0.3 is 0 Å². The van der Waals surface area contributed by atoms with Crippen molar-refractivity contribution in [3.63, 3.8) is 0 Å². The van der Waals surface area contributed by atoms with Gasteiger partial charge in [0.2, 0.25) is 5.91 Å². The molecular weight excluding hydrogens is 223 g/mol. The maximum atomic E-state index is 13.6. The van der Waals surface area contributed by atoms with Crippen molar-refractivity contribution < 1.29 is 9.18 Å². The normalized spacial score (nSPS) is 12.4. The molecule has 94 valence electrons. The summed E-state index contributed by atoms with van der Waals surface area (Å²) in [4.78, 5) is 19.1. The highest BCUT2D eigenvalue weighted by Gasteiger charge is 2.16. The molecule has 2 N–H and O–H groups in total. The third kappa shape index (κ3) is 3.65. The Bertz CT molecular complexity index is 408. The molecule has 17 heavy (non-hydrogen) atoms. The van der Waals surface area contributed by atoms with E-state index in [-0.39, 0.29) is 23.5 Å². The van der Waals surface area contributed by atoms with Crippen molar-refractivity contribution >= 4 is 11.7 Å². The molecule has 0 aliphatic heterocycles. The minimum Gasteiger partial charge on any atom is -0.356 e. The van der Waals surface area contributed by atoms with Crippen LogP contribution in [0.5, 0.6) is 0 Å². The Morgan fingerprint density at radius 1 is 1.35 bits per heavy atom. The van der Waals surface area contributed by atoms with E-state index in [1.807, 2.05) is 13.8 Å². The van der Waals surface area contributed by atoms with Crippen LogP contribution in [0.4, 0.5) is 10.2 Å². The van der Waals surface area contributed by atoms with E-state index in [4.69, 9.17) is 0 Å². The van der Waals surface area contributed by atoms with Crippen LogP contribution in [0.2, 0.25) is 0 Å². The van der Waals surface area contributed by atoms with Gasteiger partial charge in [-0.15, -0.1) is 0 Å². The van der Waals surface area contributed by atoms with Gasteiger partial charge in [-0.3, -0.25) is 4.79 Å². The van der Waals surface area contributed by atoms with E-state index in [1.54, 1.807) is 13.8 Å². The zero-order valence-corrected chi connectivity index (χ0v) is 10.4. The lowest BCUT2D eigenvalue weighted by Crippen LogP contribution is -2.41. The molecule has 1 heterocycles. The minimum absolute atomic E-state index is 0.0451. The number of carbonyl (C=O) groups excluding carboxylic acids is 1. The second-order valence-corrected chi connectivity index (χ2v) is 4.15. The average molecular weight is 240 g/mol. The molecule has 1 aromatic rings. The fourth-order valence-corrected chi connectivity index (χ4v) is 1.24. The summed E-state index contributed by atoms with van der Waals surface area (Å²) in [6, 6.07) is -0.509. The second kappa shape index (κ2) is 5.56. The maximum absolute atomic E-state index is 13.6. The van der Waals surface area contributed by atoms with Crippen molar-refractivity contribution in [3.05, 3.63) is 17.8 Å². The first kappa shape index (κ1) is 13.3. The fourth-order valence-electron chi connectivity index (χ4n) is 1.24. The number of hydrogen-bond donors (Lipinski definition) is 2. The molecule has 1 atom stereocenters. The van der Waals surface area contributed by atoms with Crippen molar-refractivity contribution in [1.29, 1.82) is 0 Å². The maximum Gasteiger partial charge on any atom is 0.242 e. The molecule has 0 saturated carbocycles. The predicted molar refractivity (Wildman–Crippen MR) is 63.1 cm³/mol. The van der Waals surface area contributed by atoms with E-state index >= 15 is 0 Å². The number of aryl methyl sites for hydroxylation is 1. The van der Waals surface area contributed by atoms with Crippen molar-refractivity contribution in [1.82, 2.24) is 15.3 Å². The number of anilines is 1. The van der Waals surface area contributed by atoms with Gasteiger partial charge in [0.15, 0.2) is 11.6 Å². The van der Waals surface area contributed by atoms with Gasteiger partial charge in [-0.2, -0.15) is 0 Å². The summed E-state index contributed by atoms with van der Waals surface area (Å²) >= 11 is 0. The van der Waals surface area contributed by atoms with Crippen LogP contribution in [0.25, 0.3) is 0 Å². The van der Waals surface area contributed by atoms with Gasteiger partial charge in [-0.1, -0.05) is 0 Å². The first-order valence-corrected chi connectivity index (χ1v) is 5.45. The highest BCUT2D eigenvalue weighted by molar-refractivity contribution is 5.84. The molecule has 0 aliphatic rings. The number of nitrogens with zero attached hydrogens (tertiary/aromatic N) is 2. The second-order valence-electron chi connectivity index (χ2n) is 4.15. The summed E-state index contributed by atoms with van der Waals surface area (Å²) < 4.78 is 13.6. The molecular formula is C11H17FN4O. The van der Waals surface area contributed by atoms with Crippen molar-refractivity contribution in [3.8, 4) is 0 Å². The summed E-state index contributed by atoms with van der Waals surface area (Å²) in [6.45, 7) is 6.91. The Hall–Kier alpha value is -1.72. The van der Waals surface area contributed by atoms with Gasteiger partial charge in [0.25, 0.3) is 0 Å². The highest BCUT2D eigenvalue weighted by atomic mass is 19.1. The molecule has 0 bridgehead atoms. The molecule has 6 heteroatoms. The molecule has 0 radical (unpaired) electrons. The van der Waals surface area contributed by atoms with Crippen LogP contribution >= 0.6 is 0 Å². The number of rotatable bonds is 4. The highest BCUT2D eigenvalue weighted by Crippen LogP contribution is 2.12. The molecule has 1 amide bonds. The van der Waals surface area contributed by atoms with E-state index in [9.17, 15) is 9.18 Å². The Morgan fingerprint density at radius 2 is 2.00 bits per heavy atom. The Labute approximate surface area is 99.9 Å². The summed E-state index contributed by atoms with van der Waals surface area (Å²) in [5.74, 6) is -0.684. The SMILES string of the molecule is Cc1ncnc(NC(C)C(=O)NC(C)C)c1F. The van der Waals surface area contributed by atoms with E-state index in [0.29, 0.717) is 0 Å². The molecule has 0 aromatic carbocycles. The lowest BCUT2D eigenvalue weighted by Gasteiger charge is -2.16. The minimum atomic E-state index is -0.554. The first-order chi connectivity index (χ1) is 7.91. The van der Waals surface area contributed by atoms with Gasteiger partial charge in [-0.25, -0.2) is 14.4 Å². The summed E-state index contributed by atoms with van der Waals surface area (Å²) in [6.07, 6.45) is 1.26. The number of hydrogen-bond acceptors (Lipinski definition) is 4. The molecule has 1 rings (SSSR count). The Kier molecular flexibility index (Phi) is 4.37. The lowest BCUT2D eigenvalue weighted by molar-refractivity contribution is -0.122. The van der Waals surface area contributed by atoms with E-state index in [0.717, 1.165) is 0 Å². The van der Waals surface area contributed by atoms with Gasteiger partial charge in [-0.05, 0) is 27.7 Å². The van der Waals surface area contributed by atoms with Crippen molar-refractivity contribution in [2.24, 2.45) is 0 Å². The third-order valence-corrected chi connectivity index (χ3v) is 2.14. The Balaban J connectivity index is 2.71. The largest absolute Gasteiger partial charge is 0.356 e. The van der Waals surface area contributed by atoms with Crippen LogP contribution in [0, 0.1) is 12.7 Å². The average Bonchev–Trinajstić information content (AvgIpc) is 2.23. The van der Waals surface area contributed by atoms with Crippen LogP contribution in [0.3, 0.4) is 0 Å². The summed E-state index contributed by atoms with van der Waals surface area (Å²) in [7, 11) is 0. The van der Waals surface area contributed by atoms with E-state index < -0.39 is 11.9 Å². The standard InChI is InChI=1S/C11H17FN4O/c1-6(2)15-11(17)8(4)16-10-9(12)7(3)13-5-14-10/h5-6,8H,1-4H3,(H,15,17)(H,13,14,16). The zero-order chi connectivity index (χ0) is 13.0. The molecule has 0 saturated heterocycles. The molecule has 0 aliphatic carbocycles. The number of carbonyl (C=O) groups is 1. The van der Waals surface area contributed by atoms with Crippen LogP contribution in [0.1, 0.15) is 26.5 Å². The van der Waals surface area contributed by atoms with Gasteiger partial charge < -0.3 is 10.6 Å². The third-order valence-electron chi connectivity index (χ3n) is 2.14. The Morgan fingerprint density at radius 3 is 2.59 bits per heavy atom. The van der Waals surface area contributed by atoms with Crippen LogP contribution in [0.15, 0.2) is 6.33 Å². The number of nitrogens with one attached hydrogen (secondary N) is 2. The number of amides is 1. The fraction of sp³-hybridized carbons (Fsp3) is 0.545.